The quantitative estimate of drug-likeness (QED) is 0.521. The maximum atomic E-state index is 5.43. The molecule has 3 heteroatoms. The second-order valence-corrected chi connectivity index (χ2v) is 2.02. The van der Waals surface area contributed by atoms with Crippen molar-refractivity contribution in [1.82, 2.24) is 0 Å². The van der Waals surface area contributed by atoms with E-state index in [1.54, 1.807) is 19.1 Å². The summed E-state index contributed by atoms with van der Waals surface area (Å²) in [5.41, 5.74) is 10.2. The Morgan fingerprint density at radius 3 is 2.00 bits per heavy atom. The van der Waals surface area contributed by atoms with Crippen molar-refractivity contribution in [2.24, 2.45) is 11.5 Å². The van der Waals surface area contributed by atoms with Crippen molar-refractivity contribution in [2.75, 3.05) is 0 Å². The molecular formula is C5H9ClN2. The second-order valence-electron chi connectivity index (χ2n) is 1.42. The molecule has 2 nitrogen and oxygen atoms in total. The summed E-state index contributed by atoms with van der Waals surface area (Å²) in [7, 11) is 0. The van der Waals surface area contributed by atoms with Crippen LogP contribution in [0.2, 0.25) is 0 Å². The summed E-state index contributed by atoms with van der Waals surface area (Å²) in [4.78, 5) is 0. The van der Waals surface area contributed by atoms with Crippen molar-refractivity contribution in [3.63, 3.8) is 0 Å². The summed E-state index contributed by atoms with van der Waals surface area (Å²) in [6, 6.07) is 0. The lowest BCUT2D eigenvalue weighted by Gasteiger charge is -1.84. The number of hydrogen-bond acceptors (Lipinski definition) is 2. The van der Waals surface area contributed by atoms with E-state index in [-0.39, 0.29) is 5.82 Å². The molecule has 4 N–H and O–H groups in total. The van der Waals surface area contributed by atoms with Crippen molar-refractivity contribution < 1.29 is 0 Å². The fraction of sp³-hybridized carbons (Fsp3) is 0.200. The molecule has 0 saturated heterocycles. The van der Waals surface area contributed by atoms with Gasteiger partial charge in [0.05, 0.1) is 5.82 Å². The van der Waals surface area contributed by atoms with Gasteiger partial charge >= 0.3 is 0 Å². The van der Waals surface area contributed by atoms with Crippen molar-refractivity contribution in [2.45, 2.75) is 6.92 Å². The molecule has 46 valence electrons. The van der Waals surface area contributed by atoms with Gasteiger partial charge in [0.25, 0.3) is 0 Å². The van der Waals surface area contributed by atoms with Crippen LogP contribution in [0.5, 0.6) is 0 Å². The van der Waals surface area contributed by atoms with Crippen molar-refractivity contribution >= 4 is 11.6 Å². The third-order valence-corrected chi connectivity index (χ3v) is 0.631. The Morgan fingerprint density at radius 1 is 1.38 bits per heavy atom. The van der Waals surface area contributed by atoms with E-state index in [9.17, 15) is 0 Å². The number of nitrogens with two attached hydrogens (primary N) is 2. The van der Waals surface area contributed by atoms with Crippen LogP contribution in [-0.2, 0) is 0 Å². The smallest absolute Gasteiger partial charge is 0.0933 e. The van der Waals surface area contributed by atoms with E-state index in [0.29, 0.717) is 5.03 Å². The van der Waals surface area contributed by atoms with Gasteiger partial charge in [0.1, 0.15) is 0 Å². The standard InChI is InChI=1S/C5H9ClN2/c1-4(6)2-3-5(7)8/h2-3H,7-8H2,1H3/b4-2+. The average Bonchev–Trinajstić information content (AvgIpc) is 1.61. The van der Waals surface area contributed by atoms with Gasteiger partial charge in [0, 0.05) is 5.03 Å². The van der Waals surface area contributed by atoms with Crippen molar-refractivity contribution in [3.8, 4) is 0 Å². The third-order valence-electron chi connectivity index (χ3n) is 0.505. The van der Waals surface area contributed by atoms with Crippen LogP contribution in [-0.4, -0.2) is 0 Å². The number of allylic oxidation sites excluding steroid dienone is 3. The minimum Gasteiger partial charge on any atom is -0.386 e. The number of hydrogen-bond donors (Lipinski definition) is 2. The maximum absolute atomic E-state index is 5.43. The Balaban J connectivity index is 3.76. The maximum Gasteiger partial charge on any atom is 0.0933 e. The summed E-state index contributed by atoms with van der Waals surface area (Å²) in [5.74, 6) is 0.269. The predicted molar refractivity (Wildman–Crippen MR) is 36.1 cm³/mol. The highest BCUT2D eigenvalue weighted by Gasteiger charge is 1.74. The summed E-state index contributed by atoms with van der Waals surface area (Å²) >= 11 is 5.43. The van der Waals surface area contributed by atoms with Crippen LogP contribution >= 0.6 is 11.6 Å². The van der Waals surface area contributed by atoms with E-state index >= 15 is 0 Å². The molecule has 0 aromatic heterocycles. The normalized spacial score (nSPS) is 11.0. The molecule has 0 aliphatic rings. The zero-order valence-electron chi connectivity index (χ0n) is 4.69. The Morgan fingerprint density at radius 2 is 1.88 bits per heavy atom. The molecule has 0 rings (SSSR count). The third kappa shape index (κ3) is 5.37. The molecule has 8 heavy (non-hydrogen) atoms. The summed E-state index contributed by atoms with van der Waals surface area (Å²) in [6.45, 7) is 1.75. The lowest BCUT2D eigenvalue weighted by atomic mass is 10.5. The molecule has 0 radical (unpaired) electrons. The lowest BCUT2D eigenvalue weighted by molar-refractivity contribution is 1.25. The first kappa shape index (κ1) is 7.37. The largest absolute Gasteiger partial charge is 0.386 e. The molecule has 0 aliphatic carbocycles. The van der Waals surface area contributed by atoms with Crippen LogP contribution in [0.15, 0.2) is 23.0 Å². The van der Waals surface area contributed by atoms with E-state index in [1.165, 1.54) is 0 Å². The van der Waals surface area contributed by atoms with Gasteiger partial charge in [-0.05, 0) is 19.1 Å². The average molecular weight is 133 g/mol. The van der Waals surface area contributed by atoms with Crippen LogP contribution in [0.3, 0.4) is 0 Å². The van der Waals surface area contributed by atoms with Crippen LogP contribution in [0, 0.1) is 0 Å². The second kappa shape index (κ2) is 3.38. The fourth-order valence-corrected chi connectivity index (χ4v) is 0.274. The molecule has 0 bridgehead atoms. The fourth-order valence-electron chi connectivity index (χ4n) is 0.211. The van der Waals surface area contributed by atoms with Crippen LogP contribution in [0.4, 0.5) is 0 Å². The monoisotopic (exact) mass is 132 g/mol. The Bertz CT molecular complexity index is 102. The van der Waals surface area contributed by atoms with Gasteiger partial charge < -0.3 is 11.5 Å². The molecule has 0 fully saturated rings. The molecule has 0 aromatic carbocycles. The Labute approximate surface area is 53.8 Å². The first-order valence-corrected chi connectivity index (χ1v) is 2.55. The van der Waals surface area contributed by atoms with Crippen molar-refractivity contribution in [1.29, 1.82) is 0 Å². The van der Waals surface area contributed by atoms with Gasteiger partial charge in [-0.25, -0.2) is 0 Å². The molecule has 0 unspecified atom stereocenters. The van der Waals surface area contributed by atoms with E-state index in [4.69, 9.17) is 23.1 Å². The van der Waals surface area contributed by atoms with E-state index in [1.807, 2.05) is 0 Å². The topological polar surface area (TPSA) is 52.0 Å². The minimum absolute atomic E-state index is 0.269. The van der Waals surface area contributed by atoms with Gasteiger partial charge in [-0.1, -0.05) is 11.6 Å². The van der Waals surface area contributed by atoms with Crippen LogP contribution < -0.4 is 11.5 Å². The SMILES string of the molecule is C/C(Cl)=C\C=C(N)N. The zero-order valence-corrected chi connectivity index (χ0v) is 5.44. The predicted octanol–water partition coefficient (Wildman–Crippen LogP) is 0.888. The van der Waals surface area contributed by atoms with Crippen LogP contribution in [0.25, 0.3) is 0 Å². The van der Waals surface area contributed by atoms with E-state index in [0.717, 1.165) is 0 Å². The van der Waals surface area contributed by atoms with Gasteiger partial charge in [0.15, 0.2) is 0 Å². The minimum atomic E-state index is 0.269. The van der Waals surface area contributed by atoms with Crippen molar-refractivity contribution in [3.05, 3.63) is 23.0 Å². The highest BCUT2D eigenvalue weighted by atomic mass is 35.5. The van der Waals surface area contributed by atoms with Gasteiger partial charge in [-0.15, -0.1) is 0 Å². The highest BCUT2D eigenvalue weighted by Crippen LogP contribution is 1.96. The Kier molecular flexibility index (Phi) is 3.12. The van der Waals surface area contributed by atoms with E-state index < -0.39 is 0 Å². The molecule has 0 aromatic rings. The van der Waals surface area contributed by atoms with E-state index in [2.05, 4.69) is 0 Å². The van der Waals surface area contributed by atoms with Crippen LogP contribution in [0.1, 0.15) is 6.92 Å². The first-order valence-electron chi connectivity index (χ1n) is 2.18. The molecule has 0 amide bonds. The highest BCUT2D eigenvalue weighted by molar-refractivity contribution is 6.29. The van der Waals surface area contributed by atoms with Gasteiger partial charge in [-0.2, -0.15) is 0 Å². The lowest BCUT2D eigenvalue weighted by Crippen LogP contribution is -2.06. The summed E-state index contributed by atoms with van der Waals surface area (Å²) in [6.07, 6.45) is 3.18. The molecular weight excluding hydrogens is 124 g/mol. The molecule has 0 spiro atoms. The molecule has 0 saturated carbocycles. The number of rotatable bonds is 1. The summed E-state index contributed by atoms with van der Waals surface area (Å²) in [5, 5.41) is 0.665. The number of halogens is 1. The Hall–Kier alpha value is -0.630. The first-order chi connectivity index (χ1) is 3.63. The molecule has 0 aliphatic heterocycles. The summed E-state index contributed by atoms with van der Waals surface area (Å²) < 4.78 is 0. The van der Waals surface area contributed by atoms with Gasteiger partial charge in [0.2, 0.25) is 0 Å². The van der Waals surface area contributed by atoms with Gasteiger partial charge in [-0.3, -0.25) is 0 Å². The molecule has 0 atom stereocenters. The molecule has 0 heterocycles. The zero-order chi connectivity index (χ0) is 6.57.